The first-order chi connectivity index (χ1) is 15.5. The fourth-order valence-corrected chi connectivity index (χ4v) is 4.58. The average Bonchev–Trinajstić information content (AvgIpc) is 2.84. The number of nitrogens with zero attached hydrogens (tertiary/aromatic N) is 2. The second-order valence-electron chi connectivity index (χ2n) is 8.31. The van der Waals surface area contributed by atoms with Gasteiger partial charge in [0.15, 0.2) is 0 Å². The fraction of sp³-hybridized carbons (Fsp3) is 0.269. The molecule has 6 heteroatoms. The summed E-state index contributed by atoms with van der Waals surface area (Å²) in [5, 5.41) is 2.81. The van der Waals surface area contributed by atoms with E-state index in [1.54, 1.807) is 42.5 Å². The summed E-state index contributed by atoms with van der Waals surface area (Å²) in [6, 6.07) is 17.7. The molecule has 1 aromatic heterocycles. The van der Waals surface area contributed by atoms with Crippen molar-refractivity contribution in [1.29, 1.82) is 0 Å². The molecule has 1 N–H and O–H groups in total. The van der Waals surface area contributed by atoms with Gasteiger partial charge in [0.25, 0.3) is 5.91 Å². The van der Waals surface area contributed by atoms with Crippen molar-refractivity contribution in [2.75, 3.05) is 20.1 Å². The quantitative estimate of drug-likeness (QED) is 0.662. The van der Waals surface area contributed by atoms with E-state index in [-0.39, 0.29) is 17.6 Å². The number of halogens is 1. The van der Waals surface area contributed by atoms with E-state index in [0.29, 0.717) is 31.5 Å². The number of nitrogens with one attached hydrogen (secondary N) is 1. The summed E-state index contributed by atoms with van der Waals surface area (Å²) in [5.74, 6) is -0.443. The van der Waals surface area contributed by atoms with Crippen molar-refractivity contribution in [2.45, 2.75) is 19.3 Å². The van der Waals surface area contributed by atoms with Crippen LogP contribution in [0, 0.1) is 11.2 Å². The van der Waals surface area contributed by atoms with Crippen LogP contribution < -0.4 is 5.32 Å². The average molecular weight is 432 g/mol. The van der Waals surface area contributed by atoms with Crippen molar-refractivity contribution in [2.24, 2.45) is 5.41 Å². The summed E-state index contributed by atoms with van der Waals surface area (Å²) in [5.41, 5.74) is 2.51. The number of rotatable bonds is 5. The van der Waals surface area contributed by atoms with E-state index < -0.39 is 5.41 Å². The van der Waals surface area contributed by atoms with Gasteiger partial charge < -0.3 is 10.2 Å². The highest BCUT2D eigenvalue weighted by molar-refractivity contribution is 5.95. The van der Waals surface area contributed by atoms with Crippen LogP contribution in [0.25, 0.3) is 11.1 Å². The number of likely N-dealkylation sites (tertiary alicyclic amines) is 1. The number of amides is 2. The predicted molar refractivity (Wildman–Crippen MR) is 121 cm³/mol. The van der Waals surface area contributed by atoms with Crippen LogP contribution in [0.4, 0.5) is 4.39 Å². The molecule has 2 heterocycles. The first-order valence-corrected chi connectivity index (χ1v) is 10.8. The van der Waals surface area contributed by atoms with Crippen LogP contribution in [0.1, 0.15) is 28.8 Å². The molecule has 0 bridgehead atoms. The van der Waals surface area contributed by atoms with E-state index >= 15 is 0 Å². The Morgan fingerprint density at radius 3 is 2.50 bits per heavy atom. The van der Waals surface area contributed by atoms with Crippen molar-refractivity contribution >= 4 is 11.8 Å². The van der Waals surface area contributed by atoms with Crippen molar-refractivity contribution in [3.63, 3.8) is 0 Å². The van der Waals surface area contributed by atoms with Gasteiger partial charge in [0.1, 0.15) is 5.82 Å². The molecule has 1 fully saturated rings. The number of carbonyl (C=O) groups is 2. The van der Waals surface area contributed by atoms with E-state index in [4.69, 9.17) is 0 Å². The molecule has 0 aliphatic carbocycles. The van der Waals surface area contributed by atoms with Gasteiger partial charge in [-0.05, 0) is 60.2 Å². The van der Waals surface area contributed by atoms with Crippen LogP contribution in [-0.4, -0.2) is 41.8 Å². The highest BCUT2D eigenvalue weighted by Crippen LogP contribution is 2.35. The number of pyridine rings is 1. The minimum atomic E-state index is -0.726. The summed E-state index contributed by atoms with van der Waals surface area (Å²) >= 11 is 0. The first-order valence-electron chi connectivity index (χ1n) is 10.8. The number of piperidine rings is 1. The van der Waals surface area contributed by atoms with Crippen molar-refractivity contribution in [3.8, 4) is 11.1 Å². The maximum atomic E-state index is 13.7. The highest BCUT2D eigenvalue weighted by atomic mass is 19.1. The highest BCUT2D eigenvalue weighted by Gasteiger charge is 2.43. The summed E-state index contributed by atoms with van der Waals surface area (Å²) in [6.45, 7) is 0.960. The van der Waals surface area contributed by atoms with Crippen molar-refractivity contribution in [3.05, 3.63) is 90.0 Å². The molecular weight excluding hydrogens is 405 g/mol. The third-order valence-electron chi connectivity index (χ3n) is 6.13. The normalized spacial score (nSPS) is 18.2. The Hall–Kier alpha value is -3.54. The van der Waals surface area contributed by atoms with Crippen LogP contribution >= 0.6 is 0 Å². The molecular formula is C26H26FN3O2. The van der Waals surface area contributed by atoms with Crippen molar-refractivity contribution in [1.82, 2.24) is 15.2 Å². The van der Waals surface area contributed by atoms with Crippen LogP contribution in [0.2, 0.25) is 0 Å². The van der Waals surface area contributed by atoms with E-state index in [1.165, 1.54) is 12.1 Å². The van der Waals surface area contributed by atoms with Crippen LogP contribution in [0.5, 0.6) is 0 Å². The molecule has 0 unspecified atom stereocenters. The summed E-state index contributed by atoms with van der Waals surface area (Å²) in [6.07, 6.45) is 5.13. The number of benzene rings is 2. The lowest BCUT2D eigenvalue weighted by Gasteiger charge is -2.41. The van der Waals surface area contributed by atoms with Gasteiger partial charge >= 0.3 is 0 Å². The summed E-state index contributed by atoms with van der Waals surface area (Å²) < 4.78 is 13.7. The predicted octanol–water partition coefficient (Wildman–Crippen LogP) is 4.10. The zero-order valence-electron chi connectivity index (χ0n) is 18.1. The largest absolute Gasteiger partial charge is 0.359 e. The molecule has 1 saturated heterocycles. The Bertz CT molecular complexity index is 1120. The lowest BCUT2D eigenvalue weighted by atomic mass is 9.74. The Labute approximate surface area is 187 Å². The van der Waals surface area contributed by atoms with Gasteiger partial charge in [0, 0.05) is 38.1 Å². The molecule has 1 aliphatic heterocycles. The summed E-state index contributed by atoms with van der Waals surface area (Å²) in [4.78, 5) is 31.9. The second kappa shape index (κ2) is 9.30. The Morgan fingerprint density at radius 2 is 1.78 bits per heavy atom. The molecule has 4 rings (SSSR count). The zero-order valence-corrected chi connectivity index (χ0v) is 18.1. The lowest BCUT2D eigenvalue weighted by molar-refractivity contribution is -0.133. The number of hydrogen-bond donors (Lipinski definition) is 1. The molecule has 0 radical (unpaired) electrons. The monoisotopic (exact) mass is 431 g/mol. The van der Waals surface area contributed by atoms with E-state index in [0.717, 1.165) is 23.1 Å². The van der Waals surface area contributed by atoms with Gasteiger partial charge in [0.2, 0.25) is 5.91 Å². The van der Waals surface area contributed by atoms with Gasteiger partial charge in [0.05, 0.1) is 5.41 Å². The lowest BCUT2D eigenvalue weighted by Crippen LogP contribution is -2.54. The molecule has 32 heavy (non-hydrogen) atoms. The van der Waals surface area contributed by atoms with Crippen LogP contribution in [0.3, 0.4) is 0 Å². The Balaban J connectivity index is 1.62. The molecule has 3 aromatic rings. The molecule has 2 amide bonds. The first kappa shape index (κ1) is 21.7. The van der Waals surface area contributed by atoms with E-state index in [1.807, 2.05) is 30.3 Å². The molecule has 1 atom stereocenters. The molecule has 5 nitrogen and oxygen atoms in total. The second-order valence-corrected chi connectivity index (χ2v) is 8.31. The molecule has 0 saturated carbocycles. The third kappa shape index (κ3) is 4.54. The minimum absolute atomic E-state index is 0.0686. The molecule has 1 aliphatic rings. The standard InChI is InChI=1S/C26H26FN3O2/c1-28-25(32)26(11-4-14-30(18-26)24(31)20-9-12-29-13-10-20)17-19-5-2-6-21(15-19)22-7-3-8-23(27)16-22/h2-3,5-10,12-13,15-16H,4,11,14,17-18H2,1H3,(H,28,32)/t26-/m0/s1. The summed E-state index contributed by atoms with van der Waals surface area (Å²) in [7, 11) is 1.64. The topological polar surface area (TPSA) is 62.3 Å². The van der Waals surface area contributed by atoms with Gasteiger partial charge in [-0.3, -0.25) is 14.6 Å². The Morgan fingerprint density at radius 1 is 1.06 bits per heavy atom. The van der Waals surface area contributed by atoms with Gasteiger partial charge in [-0.2, -0.15) is 0 Å². The van der Waals surface area contributed by atoms with Crippen LogP contribution in [-0.2, 0) is 11.2 Å². The van der Waals surface area contributed by atoms with Gasteiger partial charge in [-0.25, -0.2) is 4.39 Å². The number of aromatic nitrogens is 1. The maximum Gasteiger partial charge on any atom is 0.253 e. The molecule has 164 valence electrons. The SMILES string of the molecule is CNC(=O)[C@]1(Cc2cccc(-c3cccc(F)c3)c2)CCCN(C(=O)c2ccncc2)C1. The zero-order chi connectivity index (χ0) is 22.6. The van der Waals surface area contributed by atoms with E-state index in [9.17, 15) is 14.0 Å². The van der Waals surface area contributed by atoms with Crippen LogP contribution in [0.15, 0.2) is 73.1 Å². The third-order valence-corrected chi connectivity index (χ3v) is 6.13. The smallest absolute Gasteiger partial charge is 0.253 e. The van der Waals surface area contributed by atoms with Gasteiger partial charge in [-0.1, -0.05) is 36.4 Å². The minimum Gasteiger partial charge on any atom is -0.359 e. The molecule has 0 spiro atoms. The molecule has 2 aromatic carbocycles. The Kier molecular flexibility index (Phi) is 6.30. The number of carbonyl (C=O) groups excluding carboxylic acids is 2. The fourth-order valence-electron chi connectivity index (χ4n) is 4.58. The van der Waals surface area contributed by atoms with E-state index in [2.05, 4.69) is 10.3 Å². The van der Waals surface area contributed by atoms with Gasteiger partial charge in [-0.15, -0.1) is 0 Å². The number of hydrogen-bond acceptors (Lipinski definition) is 3. The maximum absolute atomic E-state index is 13.7. The van der Waals surface area contributed by atoms with Crippen molar-refractivity contribution < 1.29 is 14.0 Å².